The highest BCUT2D eigenvalue weighted by Gasteiger charge is 2.19. The zero-order valence-electron chi connectivity index (χ0n) is 8.86. The summed E-state index contributed by atoms with van der Waals surface area (Å²) in [7, 11) is 0. The van der Waals surface area contributed by atoms with Crippen molar-refractivity contribution < 1.29 is 19.4 Å². The smallest absolute Gasteiger partial charge is 0.408 e. The van der Waals surface area contributed by atoms with Crippen LogP contribution in [-0.4, -0.2) is 29.8 Å². The Balaban J connectivity index is 3.98. The summed E-state index contributed by atoms with van der Waals surface area (Å²) in [6.07, 6.45) is 2.74. The maximum atomic E-state index is 11.0. The van der Waals surface area contributed by atoms with E-state index in [2.05, 4.69) is 16.6 Å². The van der Waals surface area contributed by atoms with Crippen LogP contribution in [0.4, 0.5) is 4.79 Å². The van der Waals surface area contributed by atoms with Crippen LogP contribution in [0.5, 0.6) is 0 Å². The number of unbranched alkanes of at least 4 members (excludes halogenated alkanes) is 1. The van der Waals surface area contributed by atoms with E-state index in [9.17, 15) is 9.59 Å². The molecule has 5 heteroatoms. The van der Waals surface area contributed by atoms with Crippen LogP contribution in [0.2, 0.25) is 0 Å². The zero-order valence-corrected chi connectivity index (χ0v) is 8.86. The SMILES string of the molecule is C=CCOC(=O)NC(CCCC)C(=O)O. The number of hydrogen-bond donors (Lipinski definition) is 2. The molecule has 0 aromatic carbocycles. The van der Waals surface area contributed by atoms with Gasteiger partial charge < -0.3 is 15.2 Å². The van der Waals surface area contributed by atoms with Gasteiger partial charge in [-0.2, -0.15) is 0 Å². The van der Waals surface area contributed by atoms with Gasteiger partial charge >= 0.3 is 12.1 Å². The summed E-state index contributed by atoms with van der Waals surface area (Å²) in [6.45, 7) is 5.40. The second kappa shape index (κ2) is 7.84. The van der Waals surface area contributed by atoms with Gasteiger partial charge in [0.1, 0.15) is 12.6 Å². The summed E-state index contributed by atoms with van der Waals surface area (Å²) in [4.78, 5) is 21.8. The third-order valence-corrected chi connectivity index (χ3v) is 1.77. The number of carboxylic acids is 1. The quantitative estimate of drug-likeness (QED) is 0.632. The highest BCUT2D eigenvalue weighted by atomic mass is 16.5. The van der Waals surface area contributed by atoms with Gasteiger partial charge in [0.25, 0.3) is 0 Å². The van der Waals surface area contributed by atoms with Gasteiger partial charge in [0.05, 0.1) is 0 Å². The molecule has 1 atom stereocenters. The van der Waals surface area contributed by atoms with Gasteiger partial charge in [-0.3, -0.25) is 0 Å². The fourth-order valence-corrected chi connectivity index (χ4v) is 0.984. The number of rotatable bonds is 7. The maximum absolute atomic E-state index is 11.0. The number of carbonyl (C=O) groups is 2. The van der Waals surface area contributed by atoms with Gasteiger partial charge in [0.15, 0.2) is 0 Å². The first kappa shape index (κ1) is 13.5. The molecule has 0 aliphatic carbocycles. The molecular formula is C10H17NO4. The molecule has 0 heterocycles. The van der Waals surface area contributed by atoms with Crippen molar-refractivity contribution in [3.63, 3.8) is 0 Å². The molecule has 0 radical (unpaired) electrons. The molecule has 1 amide bonds. The van der Waals surface area contributed by atoms with Gasteiger partial charge in [-0.15, -0.1) is 0 Å². The van der Waals surface area contributed by atoms with E-state index in [0.29, 0.717) is 6.42 Å². The summed E-state index contributed by atoms with van der Waals surface area (Å²) in [5.74, 6) is -1.04. The Hall–Kier alpha value is -1.52. The van der Waals surface area contributed by atoms with Crippen molar-refractivity contribution in [3.05, 3.63) is 12.7 Å². The molecule has 0 aliphatic rings. The number of amides is 1. The minimum Gasteiger partial charge on any atom is -0.480 e. The third-order valence-electron chi connectivity index (χ3n) is 1.77. The molecule has 86 valence electrons. The molecule has 0 aromatic heterocycles. The number of hydrogen-bond acceptors (Lipinski definition) is 3. The van der Waals surface area contributed by atoms with Gasteiger partial charge in [-0.25, -0.2) is 9.59 Å². The van der Waals surface area contributed by atoms with Crippen LogP contribution >= 0.6 is 0 Å². The topological polar surface area (TPSA) is 75.6 Å². The Morgan fingerprint density at radius 3 is 2.73 bits per heavy atom. The van der Waals surface area contributed by atoms with Gasteiger partial charge in [-0.05, 0) is 6.42 Å². The van der Waals surface area contributed by atoms with Crippen LogP contribution in [-0.2, 0) is 9.53 Å². The average Bonchev–Trinajstić information content (AvgIpc) is 2.20. The third kappa shape index (κ3) is 6.54. The van der Waals surface area contributed by atoms with E-state index in [1.807, 2.05) is 6.92 Å². The lowest BCUT2D eigenvalue weighted by atomic mass is 10.1. The lowest BCUT2D eigenvalue weighted by Gasteiger charge is -2.13. The Labute approximate surface area is 89.1 Å². The highest BCUT2D eigenvalue weighted by Crippen LogP contribution is 2.01. The Morgan fingerprint density at radius 2 is 2.27 bits per heavy atom. The van der Waals surface area contributed by atoms with Gasteiger partial charge in [-0.1, -0.05) is 32.4 Å². The predicted octanol–water partition coefficient (Wildman–Crippen LogP) is 1.54. The first-order chi connectivity index (χ1) is 7.11. The van der Waals surface area contributed by atoms with Crippen molar-refractivity contribution in [1.29, 1.82) is 0 Å². The first-order valence-corrected chi connectivity index (χ1v) is 4.88. The number of nitrogens with one attached hydrogen (secondary N) is 1. The van der Waals surface area contributed by atoms with E-state index in [4.69, 9.17) is 5.11 Å². The van der Waals surface area contributed by atoms with Crippen molar-refractivity contribution >= 4 is 12.1 Å². The fourth-order valence-electron chi connectivity index (χ4n) is 0.984. The normalized spacial score (nSPS) is 11.5. The number of alkyl carbamates (subject to hydrolysis) is 1. The van der Waals surface area contributed by atoms with Crippen molar-refractivity contribution in [2.45, 2.75) is 32.2 Å². The lowest BCUT2D eigenvalue weighted by Crippen LogP contribution is -2.41. The van der Waals surface area contributed by atoms with Crippen LogP contribution < -0.4 is 5.32 Å². The Kier molecular flexibility index (Phi) is 7.05. The van der Waals surface area contributed by atoms with Gasteiger partial charge in [0.2, 0.25) is 0 Å². The van der Waals surface area contributed by atoms with Gasteiger partial charge in [0, 0.05) is 0 Å². The van der Waals surface area contributed by atoms with Crippen molar-refractivity contribution in [1.82, 2.24) is 5.32 Å². The summed E-state index contributed by atoms with van der Waals surface area (Å²) < 4.78 is 4.62. The second-order valence-electron chi connectivity index (χ2n) is 3.06. The molecule has 5 nitrogen and oxygen atoms in total. The van der Waals surface area contributed by atoms with E-state index in [0.717, 1.165) is 12.8 Å². The average molecular weight is 215 g/mol. The summed E-state index contributed by atoms with van der Waals surface area (Å²) >= 11 is 0. The van der Waals surface area contributed by atoms with Crippen LogP contribution in [0.15, 0.2) is 12.7 Å². The highest BCUT2D eigenvalue weighted by molar-refractivity contribution is 5.79. The molecule has 0 aromatic rings. The number of ether oxygens (including phenoxy) is 1. The minimum absolute atomic E-state index is 0.0753. The van der Waals surface area contributed by atoms with E-state index in [1.165, 1.54) is 6.08 Å². The lowest BCUT2D eigenvalue weighted by molar-refractivity contribution is -0.139. The van der Waals surface area contributed by atoms with Crippen molar-refractivity contribution in [3.8, 4) is 0 Å². The van der Waals surface area contributed by atoms with E-state index in [-0.39, 0.29) is 6.61 Å². The van der Waals surface area contributed by atoms with Crippen LogP contribution in [0, 0.1) is 0 Å². The van der Waals surface area contributed by atoms with Crippen molar-refractivity contribution in [2.24, 2.45) is 0 Å². The number of carboxylic acid groups (broad SMARTS) is 1. The standard InChI is InChI=1S/C10H17NO4/c1-3-5-6-8(9(12)13)11-10(14)15-7-4-2/h4,8H,2-3,5-7H2,1H3,(H,11,14)(H,12,13). The minimum atomic E-state index is -1.04. The fraction of sp³-hybridized carbons (Fsp3) is 0.600. The predicted molar refractivity (Wildman–Crippen MR) is 55.6 cm³/mol. The number of aliphatic carboxylic acids is 1. The summed E-state index contributed by atoms with van der Waals surface area (Å²) in [5.41, 5.74) is 0. The molecule has 15 heavy (non-hydrogen) atoms. The maximum Gasteiger partial charge on any atom is 0.408 e. The second-order valence-corrected chi connectivity index (χ2v) is 3.06. The van der Waals surface area contributed by atoms with Crippen molar-refractivity contribution in [2.75, 3.05) is 6.61 Å². The molecule has 0 rings (SSSR count). The molecule has 0 spiro atoms. The Morgan fingerprint density at radius 1 is 1.60 bits per heavy atom. The number of carbonyl (C=O) groups excluding carboxylic acids is 1. The molecule has 0 saturated heterocycles. The van der Waals surface area contributed by atoms with Crippen LogP contribution in [0.3, 0.4) is 0 Å². The van der Waals surface area contributed by atoms with Crippen LogP contribution in [0.25, 0.3) is 0 Å². The van der Waals surface area contributed by atoms with E-state index < -0.39 is 18.1 Å². The summed E-state index contributed by atoms with van der Waals surface area (Å²) in [5, 5.41) is 11.1. The molecule has 0 aliphatic heterocycles. The summed E-state index contributed by atoms with van der Waals surface area (Å²) in [6, 6.07) is -0.873. The molecule has 2 N–H and O–H groups in total. The Bertz CT molecular complexity index is 227. The molecular weight excluding hydrogens is 198 g/mol. The molecule has 1 unspecified atom stereocenters. The molecule has 0 saturated carbocycles. The monoisotopic (exact) mass is 215 g/mol. The van der Waals surface area contributed by atoms with E-state index >= 15 is 0 Å². The first-order valence-electron chi connectivity index (χ1n) is 4.88. The molecule has 0 bridgehead atoms. The van der Waals surface area contributed by atoms with Crippen LogP contribution in [0.1, 0.15) is 26.2 Å². The largest absolute Gasteiger partial charge is 0.480 e. The molecule has 0 fully saturated rings. The van der Waals surface area contributed by atoms with E-state index in [1.54, 1.807) is 0 Å². The zero-order chi connectivity index (χ0) is 11.7.